The van der Waals surface area contributed by atoms with Crippen LogP contribution >= 0.6 is 0 Å². The molecule has 4 rings (SSSR count). The van der Waals surface area contributed by atoms with Crippen LogP contribution in [0.2, 0.25) is 0 Å². The van der Waals surface area contributed by atoms with Crippen LogP contribution in [0, 0.1) is 0 Å². The van der Waals surface area contributed by atoms with Crippen molar-refractivity contribution in [1.82, 2.24) is 14.1 Å². The lowest BCUT2D eigenvalue weighted by atomic mass is 9.94. The van der Waals surface area contributed by atoms with Crippen LogP contribution in [-0.2, 0) is 21.2 Å². The Kier molecular flexibility index (Phi) is 5.66. The standard InChI is InChI=1S/C21H29N3O4S/c1-2-16-9-6-7-12-19(16)29(27,28)22-13-8-14-23-18(15-22)20(25)24(21(23)26)17-10-4-3-5-11-17/h6-7,9,12,17-18H,2-5,8,10-11,13-15H2,1H3. The smallest absolute Gasteiger partial charge is 0.311 e. The molecule has 29 heavy (non-hydrogen) atoms. The van der Waals surface area contributed by atoms with Crippen molar-refractivity contribution >= 4 is 22.0 Å². The van der Waals surface area contributed by atoms with Gasteiger partial charge in [0.15, 0.2) is 0 Å². The molecule has 0 bridgehead atoms. The van der Waals surface area contributed by atoms with E-state index in [0.29, 0.717) is 30.8 Å². The van der Waals surface area contributed by atoms with Gasteiger partial charge in [-0.1, -0.05) is 44.4 Å². The van der Waals surface area contributed by atoms with Gasteiger partial charge in [0.25, 0.3) is 5.91 Å². The summed E-state index contributed by atoms with van der Waals surface area (Å²) >= 11 is 0. The molecule has 1 aliphatic carbocycles. The Morgan fingerprint density at radius 2 is 1.72 bits per heavy atom. The molecule has 0 spiro atoms. The molecule has 7 nitrogen and oxygen atoms in total. The van der Waals surface area contributed by atoms with Gasteiger partial charge in [-0.25, -0.2) is 13.2 Å². The van der Waals surface area contributed by atoms with Crippen molar-refractivity contribution < 1.29 is 18.0 Å². The Morgan fingerprint density at radius 1 is 1.00 bits per heavy atom. The molecule has 1 atom stereocenters. The Balaban J connectivity index is 1.61. The molecule has 0 N–H and O–H groups in total. The fourth-order valence-corrected chi connectivity index (χ4v) is 6.65. The van der Waals surface area contributed by atoms with Crippen molar-refractivity contribution in [3.05, 3.63) is 29.8 Å². The highest BCUT2D eigenvalue weighted by Gasteiger charge is 2.50. The fraction of sp³-hybridized carbons (Fsp3) is 0.619. The summed E-state index contributed by atoms with van der Waals surface area (Å²) < 4.78 is 28.2. The van der Waals surface area contributed by atoms with Gasteiger partial charge in [0.1, 0.15) is 6.04 Å². The number of amides is 3. The number of fused-ring (bicyclic) bond motifs is 1. The topological polar surface area (TPSA) is 78.0 Å². The van der Waals surface area contributed by atoms with E-state index in [1.54, 1.807) is 17.0 Å². The van der Waals surface area contributed by atoms with E-state index in [9.17, 15) is 18.0 Å². The lowest BCUT2D eigenvalue weighted by molar-refractivity contribution is -0.130. The van der Waals surface area contributed by atoms with E-state index in [1.165, 1.54) is 9.21 Å². The first kappa shape index (κ1) is 20.3. The van der Waals surface area contributed by atoms with E-state index in [-0.39, 0.29) is 24.5 Å². The first-order valence-electron chi connectivity index (χ1n) is 10.7. The predicted molar refractivity (Wildman–Crippen MR) is 109 cm³/mol. The molecule has 0 aromatic heterocycles. The van der Waals surface area contributed by atoms with Crippen molar-refractivity contribution in [3.8, 4) is 0 Å². The number of carbonyl (C=O) groups is 2. The lowest BCUT2D eigenvalue weighted by Crippen LogP contribution is -2.45. The normalized spacial score (nSPS) is 24.7. The third-order valence-electron chi connectivity index (χ3n) is 6.44. The maximum atomic E-state index is 13.4. The number of benzene rings is 1. The summed E-state index contributed by atoms with van der Waals surface area (Å²) in [4.78, 5) is 29.5. The number of urea groups is 1. The van der Waals surface area contributed by atoms with Crippen LogP contribution < -0.4 is 0 Å². The van der Waals surface area contributed by atoms with E-state index in [0.717, 1.165) is 37.7 Å². The van der Waals surface area contributed by atoms with Gasteiger partial charge in [-0.05, 0) is 37.3 Å². The summed E-state index contributed by atoms with van der Waals surface area (Å²) in [6.07, 6.45) is 6.05. The summed E-state index contributed by atoms with van der Waals surface area (Å²) in [5, 5.41) is 0. The number of nitrogens with zero attached hydrogens (tertiary/aromatic N) is 3. The minimum absolute atomic E-state index is 0.0359. The predicted octanol–water partition coefficient (Wildman–Crippen LogP) is 2.61. The number of sulfonamides is 1. The van der Waals surface area contributed by atoms with Crippen LogP contribution in [0.3, 0.4) is 0 Å². The number of imide groups is 1. The average molecular weight is 420 g/mol. The molecule has 8 heteroatoms. The average Bonchev–Trinajstić information content (AvgIpc) is 2.90. The minimum Gasteiger partial charge on any atom is -0.311 e. The molecule has 3 amide bonds. The Morgan fingerprint density at radius 3 is 2.45 bits per heavy atom. The third-order valence-corrected chi connectivity index (χ3v) is 8.41. The maximum absolute atomic E-state index is 13.4. The summed E-state index contributed by atoms with van der Waals surface area (Å²) in [5.74, 6) is -0.229. The van der Waals surface area contributed by atoms with Crippen molar-refractivity contribution in [2.75, 3.05) is 19.6 Å². The molecule has 1 unspecified atom stereocenters. The second-order valence-electron chi connectivity index (χ2n) is 8.17. The summed E-state index contributed by atoms with van der Waals surface area (Å²) in [7, 11) is -3.73. The summed E-state index contributed by atoms with van der Waals surface area (Å²) in [5.41, 5.74) is 0.770. The number of hydrogen-bond donors (Lipinski definition) is 0. The second-order valence-corrected chi connectivity index (χ2v) is 10.1. The van der Waals surface area contributed by atoms with Crippen LogP contribution in [0.25, 0.3) is 0 Å². The first-order chi connectivity index (χ1) is 13.9. The number of hydrogen-bond acceptors (Lipinski definition) is 4. The third kappa shape index (κ3) is 3.57. The van der Waals surface area contributed by atoms with Gasteiger partial charge in [-0.3, -0.25) is 9.69 Å². The molecule has 3 fully saturated rings. The Hall–Kier alpha value is -1.93. The van der Waals surface area contributed by atoms with Crippen LogP contribution in [-0.4, -0.2) is 66.2 Å². The van der Waals surface area contributed by atoms with Gasteiger partial charge in [-0.15, -0.1) is 0 Å². The van der Waals surface area contributed by atoms with Crippen molar-refractivity contribution in [2.45, 2.75) is 68.8 Å². The molecule has 2 saturated heterocycles. The Bertz CT molecular complexity index is 895. The Labute approximate surface area is 172 Å². The fourth-order valence-electron chi connectivity index (χ4n) is 4.87. The van der Waals surface area contributed by atoms with Crippen LogP contribution in [0.15, 0.2) is 29.2 Å². The zero-order chi connectivity index (χ0) is 20.6. The zero-order valence-corrected chi connectivity index (χ0v) is 17.7. The molecular formula is C21H29N3O4S. The van der Waals surface area contributed by atoms with Gasteiger partial charge in [0.05, 0.1) is 4.90 Å². The highest BCUT2D eigenvalue weighted by Crippen LogP contribution is 2.31. The van der Waals surface area contributed by atoms with Crippen molar-refractivity contribution in [3.63, 3.8) is 0 Å². The zero-order valence-electron chi connectivity index (χ0n) is 16.9. The highest BCUT2D eigenvalue weighted by molar-refractivity contribution is 7.89. The van der Waals surface area contributed by atoms with Gasteiger partial charge in [-0.2, -0.15) is 4.31 Å². The molecule has 158 valence electrons. The highest BCUT2D eigenvalue weighted by atomic mass is 32.2. The van der Waals surface area contributed by atoms with Gasteiger partial charge in [0, 0.05) is 25.7 Å². The van der Waals surface area contributed by atoms with E-state index in [2.05, 4.69) is 0 Å². The molecule has 3 aliphatic rings. The van der Waals surface area contributed by atoms with E-state index >= 15 is 0 Å². The van der Waals surface area contributed by atoms with Crippen molar-refractivity contribution in [2.24, 2.45) is 0 Å². The first-order valence-corrected chi connectivity index (χ1v) is 12.1. The lowest BCUT2D eigenvalue weighted by Gasteiger charge is -2.29. The van der Waals surface area contributed by atoms with Gasteiger partial charge < -0.3 is 4.90 Å². The van der Waals surface area contributed by atoms with E-state index < -0.39 is 16.1 Å². The summed E-state index contributed by atoms with van der Waals surface area (Å²) in [6, 6.07) is 6.03. The largest absolute Gasteiger partial charge is 0.327 e. The van der Waals surface area contributed by atoms with Crippen molar-refractivity contribution in [1.29, 1.82) is 0 Å². The van der Waals surface area contributed by atoms with E-state index in [1.807, 2.05) is 19.1 Å². The molecule has 2 aliphatic heterocycles. The van der Waals surface area contributed by atoms with Crippen LogP contribution in [0.1, 0.15) is 51.0 Å². The second kappa shape index (κ2) is 8.07. The molecular weight excluding hydrogens is 390 g/mol. The van der Waals surface area contributed by atoms with E-state index in [4.69, 9.17) is 0 Å². The van der Waals surface area contributed by atoms with Gasteiger partial charge in [0.2, 0.25) is 10.0 Å². The molecule has 1 aromatic rings. The van der Waals surface area contributed by atoms with Crippen LogP contribution in [0.5, 0.6) is 0 Å². The number of rotatable bonds is 4. The minimum atomic E-state index is -3.73. The SMILES string of the molecule is CCc1ccccc1S(=O)(=O)N1CCCN2C(=O)N(C3CCCCC3)C(=O)C2C1. The molecule has 2 heterocycles. The van der Waals surface area contributed by atoms with Crippen LogP contribution in [0.4, 0.5) is 4.79 Å². The molecule has 0 radical (unpaired) electrons. The number of carbonyl (C=O) groups excluding carboxylic acids is 2. The maximum Gasteiger partial charge on any atom is 0.327 e. The summed E-state index contributed by atoms with van der Waals surface area (Å²) in [6.45, 7) is 2.70. The molecule has 1 aromatic carbocycles. The monoisotopic (exact) mass is 419 g/mol. The van der Waals surface area contributed by atoms with Gasteiger partial charge >= 0.3 is 6.03 Å². The quantitative estimate of drug-likeness (QED) is 0.703. The number of aryl methyl sites for hydroxylation is 1. The molecule has 1 saturated carbocycles.